The maximum absolute atomic E-state index is 11.6. The van der Waals surface area contributed by atoms with Crippen LogP contribution in [0, 0.1) is 0 Å². The monoisotopic (exact) mass is 225 g/mol. The van der Waals surface area contributed by atoms with Gasteiger partial charge in [-0.3, -0.25) is 4.79 Å². The van der Waals surface area contributed by atoms with Crippen molar-refractivity contribution in [3.63, 3.8) is 0 Å². The Labute approximate surface area is 97.8 Å². The molecule has 0 saturated carbocycles. The number of piperidine rings is 2. The van der Waals surface area contributed by atoms with Gasteiger partial charge in [-0.25, -0.2) is 0 Å². The lowest BCUT2D eigenvalue weighted by Gasteiger charge is -2.34. The van der Waals surface area contributed by atoms with Gasteiger partial charge in [0.1, 0.15) is 0 Å². The van der Waals surface area contributed by atoms with Gasteiger partial charge in [-0.1, -0.05) is 6.92 Å². The smallest absolute Gasteiger partial charge is 0.237 e. The summed E-state index contributed by atoms with van der Waals surface area (Å²) in [6, 6.07) is 0.601. The van der Waals surface area contributed by atoms with Gasteiger partial charge < -0.3 is 15.5 Å². The molecule has 16 heavy (non-hydrogen) atoms. The maximum atomic E-state index is 11.6. The molecule has 1 unspecified atom stereocenters. The minimum atomic E-state index is 0.0620. The van der Waals surface area contributed by atoms with Crippen molar-refractivity contribution in [2.75, 3.05) is 26.2 Å². The molecule has 2 N–H and O–H groups in total. The third kappa shape index (κ3) is 2.95. The molecule has 0 aromatic heterocycles. The van der Waals surface area contributed by atoms with Crippen LogP contribution in [-0.4, -0.2) is 49.1 Å². The summed E-state index contributed by atoms with van der Waals surface area (Å²) < 4.78 is 0. The second kappa shape index (κ2) is 5.64. The molecule has 2 rings (SSSR count). The van der Waals surface area contributed by atoms with Gasteiger partial charge >= 0.3 is 0 Å². The Bertz CT molecular complexity index is 236. The third-order valence-electron chi connectivity index (χ3n) is 3.76. The van der Waals surface area contributed by atoms with Gasteiger partial charge in [0.25, 0.3) is 0 Å². The summed E-state index contributed by atoms with van der Waals surface area (Å²) in [6.07, 6.45) is 4.46. The highest BCUT2D eigenvalue weighted by Gasteiger charge is 2.26. The van der Waals surface area contributed by atoms with Crippen molar-refractivity contribution >= 4 is 5.91 Å². The summed E-state index contributed by atoms with van der Waals surface area (Å²) in [5.41, 5.74) is 0. The first-order valence-electron chi connectivity index (χ1n) is 6.55. The SMILES string of the molecule is CCN1CCC(NC2CCCNC2=O)CC1. The van der Waals surface area contributed by atoms with E-state index in [1.54, 1.807) is 0 Å². The number of rotatable bonds is 3. The molecule has 0 aromatic rings. The van der Waals surface area contributed by atoms with E-state index in [0.717, 1.165) is 25.9 Å². The Hall–Kier alpha value is -0.610. The highest BCUT2D eigenvalue weighted by molar-refractivity contribution is 5.82. The van der Waals surface area contributed by atoms with Crippen LogP contribution in [0.5, 0.6) is 0 Å². The van der Waals surface area contributed by atoms with Crippen molar-refractivity contribution in [1.82, 2.24) is 15.5 Å². The van der Waals surface area contributed by atoms with E-state index in [1.807, 2.05) is 0 Å². The maximum Gasteiger partial charge on any atom is 0.237 e. The summed E-state index contributed by atoms with van der Waals surface area (Å²) >= 11 is 0. The van der Waals surface area contributed by atoms with E-state index in [1.165, 1.54) is 25.9 Å². The Morgan fingerprint density at radius 3 is 2.75 bits per heavy atom. The first-order chi connectivity index (χ1) is 7.79. The summed E-state index contributed by atoms with van der Waals surface area (Å²) in [7, 11) is 0. The molecule has 1 amide bonds. The van der Waals surface area contributed by atoms with Crippen molar-refractivity contribution in [3.05, 3.63) is 0 Å². The van der Waals surface area contributed by atoms with E-state index < -0.39 is 0 Å². The number of hydrogen-bond donors (Lipinski definition) is 2. The van der Waals surface area contributed by atoms with E-state index >= 15 is 0 Å². The summed E-state index contributed by atoms with van der Waals surface area (Å²) in [4.78, 5) is 14.1. The average Bonchev–Trinajstić information content (AvgIpc) is 2.33. The number of amides is 1. The fraction of sp³-hybridized carbons (Fsp3) is 0.917. The fourth-order valence-corrected chi connectivity index (χ4v) is 2.63. The fourth-order valence-electron chi connectivity index (χ4n) is 2.63. The lowest BCUT2D eigenvalue weighted by atomic mass is 10.0. The van der Waals surface area contributed by atoms with E-state index in [9.17, 15) is 4.79 Å². The minimum absolute atomic E-state index is 0.0620. The molecule has 0 aliphatic carbocycles. The Morgan fingerprint density at radius 1 is 1.38 bits per heavy atom. The second-order valence-corrected chi connectivity index (χ2v) is 4.86. The largest absolute Gasteiger partial charge is 0.355 e. The Balaban J connectivity index is 1.75. The third-order valence-corrected chi connectivity index (χ3v) is 3.76. The van der Waals surface area contributed by atoms with Crippen LogP contribution in [0.3, 0.4) is 0 Å². The van der Waals surface area contributed by atoms with Gasteiger partial charge in [-0.15, -0.1) is 0 Å². The first kappa shape index (κ1) is 11.9. The number of nitrogens with zero attached hydrogens (tertiary/aromatic N) is 1. The van der Waals surface area contributed by atoms with E-state index in [4.69, 9.17) is 0 Å². The highest BCUT2D eigenvalue weighted by atomic mass is 16.2. The zero-order valence-electron chi connectivity index (χ0n) is 10.2. The molecular weight excluding hydrogens is 202 g/mol. The summed E-state index contributed by atoms with van der Waals surface area (Å²) in [6.45, 7) is 6.55. The molecule has 0 radical (unpaired) electrons. The van der Waals surface area contributed by atoms with Crippen LogP contribution < -0.4 is 10.6 Å². The topological polar surface area (TPSA) is 44.4 Å². The Morgan fingerprint density at radius 2 is 2.12 bits per heavy atom. The average molecular weight is 225 g/mol. The van der Waals surface area contributed by atoms with Crippen molar-refractivity contribution in [3.8, 4) is 0 Å². The van der Waals surface area contributed by atoms with Gasteiger partial charge in [-0.05, 0) is 45.3 Å². The van der Waals surface area contributed by atoms with Crippen molar-refractivity contribution < 1.29 is 4.79 Å². The van der Waals surface area contributed by atoms with Crippen LogP contribution in [0.15, 0.2) is 0 Å². The number of nitrogens with one attached hydrogen (secondary N) is 2. The quantitative estimate of drug-likeness (QED) is 0.728. The lowest BCUT2D eigenvalue weighted by molar-refractivity contribution is -0.124. The van der Waals surface area contributed by atoms with Gasteiger partial charge in [0, 0.05) is 12.6 Å². The van der Waals surface area contributed by atoms with Crippen LogP contribution >= 0.6 is 0 Å². The predicted octanol–water partition coefficient (Wildman–Crippen LogP) is 0.339. The summed E-state index contributed by atoms with van der Waals surface area (Å²) in [5.74, 6) is 0.198. The number of hydrogen-bond acceptors (Lipinski definition) is 3. The minimum Gasteiger partial charge on any atom is -0.355 e. The van der Waals surface area contributed by atoms with Gasteiger partial charge in [0.15, 0.2) is 0 Å². The van der Waals surface area contributed by atoms with Crippen molar-refractivity contribution in [2.45, 2.75) is 44.7 Å². The molecule has 2 aliphatic rings. The van der Waals surface area contributed by atoms with E-state index in [2.05, 4.69) is 22.5 Å². The van der Waals surface area contributed by atoms with Crippen LogP contribution in [0.2, 0.25) is 0 Å². The number of carbonyl (C=O) groups is 1. The molecule has 2 aliphatic heterocycles. The van der Waals surface area contributed by atoms with Crippen LogP contribution in [0.25, 0.3) is 0 Å². The van der Waals surface area contributed by atoms with Gasteiger partial charge in [0.2, 0.25) is 5.91 Å². The molecule has 4 nitrogen and oxygen atoms in total. The standard InChI is InChI=1S/C12H23N3O/c1-2-15-8-5-10(6-9-15)14-11-4-3-7-13-12(11)16/h10-11,14H,2-9H2,1H3,(H,13,16). The molecule has 2 saturated heterocycles. The highest BCUT2D eigenvalue weighted by Crippen LogP contribution is 2.12. The molecule has 0 bridgehead atoms. The van der Waals surface area contributed by atoms with E-state index in [0.29, 0.717) is 6.04 Å². The molecule has 2 heterocycles. The summed E-state index contributed by atoms with van der Waals surface area (Å²) in [5, 5.41) is 6.44. The molecular formula is C12H23N3O. The molecule has 92 valence electrons. The van der Waals surface area contributed by atoms with Gasteiger partial charge in [-0.2, -0.15) is 0 Å². The zero-order chi connectivity index (χ0) is 11.4. The second-order valence-electron chi connectivity index (χ2n) is 4.86. The van der Waals surface area contributed by atoms with Crippen LogP contribution in [0.1, 0.15) is 32.6 Å². The Kier molecular flexibility index (Phi) is 4.18. The lowest BCUT2D eigenvalue weighted by Crippen LogP contribution is -2.53. The van der Waals surface area contributed by atoms with E-state index in [-0.39, 0.29) is 11.9 Å². The zero-order valence-corrected chi connectivity index (χ0v) is 10.2. The normalized spacial score (nSPS) is 29.1. The molecule has 0 spiro atoms. The van der Waals surface area contributed by atoms with Crippen molar-refractivity contribution in [1.29, 1.82) is 0 Å². The molecule has 0 aromatic carbocycles. The molecule has 4 heteroatoms. The van der Waals surface area contributed by atoms with Crippen LogP contribution in [-0.2, 0) is 4.79 Å². The predicted molar refractivity (Wildman–Crippen MR) is 64.3 cm³/mol. The first-order valence-corrected chi connectivity index (χ1v) is 6.55. The van der Waals surface area contributed by atoms with Crippen molar-refractivity contribution in [2.24, 2.45) is 0 Å². The van der Waals surface area contributed by atoms with Crippen LogP contribution in [0.4, 0.5) is 0 Å². The molecule has 1 atom stereocenters. The van der Waals surface area contributed by atoms with Gasteiger partial charge in [0.05, 0.1) is 6.04 Å². The number of likely N-dealkylation sites (tertiary alicyclic amines) is 1. The number of carbonyl (C=O) groups excluding carboxylic acids is 1. The molecule has 2 fully saturated rings.